The first kappa shape index (κ1) is 19.1. The molecule has 0 radical (unpaired) electrons. The SMILES string of the molecule is O=C(CN(Cc1ccco1)C(=O)Cn1nnc2ccccc21)NC[C@H]1CCCO1. The van der Waals surface area contributed by atoms with Crippen molar-refractivity contribution in [1.82, 2.24) is 25.2 Å². The van der Waals surface area contributed by atoms with E-state index in [2.05, 4.69) is 15.6 Å². The number of rotatable bonds is 8. The summed E-state index contributed by atoms with van der Waals surface area (Å²) >= 11 is 0. The van der Waals surface area contributed by atoms with E-state index in [1.165, 1.54) is 9.58 Å². The molecule has 2 aromatic heterocycles. The van der Waals surface area contributed by atoms with Gasteiger partial charge >= 0.3 is 0 Å². The van der Waals surface area contributed by atoms with Crippen molar-refractivity contribution >= 4 is 22.8 Å². The molecular weight excluding hydrogens is 374 g/mol. The monoisotopic (exact) mass is 397 g/mol. The largest absolute Gasteiger partial charge is 0.467 e. The molecule has 0 saturated carbocycles. The normalized spacial score (nSPS) is 16.2. The molecule has 9 heteroatoms. The Bertz CT molecular complexity index is 962. The fourth-order valence-electron chi connectivity index (χ4n) is 3.35. The van der Waals surface area contributed by atoms with Gasteiger partial charge in [0.15, 0.2) is 0 Å². The van der Waals surface area contributed by atoms with E-state index in [4.69, 9.17) is 9.15 Å². The highest BCUT2D eigenvalue weighted by Crippen LogP contribution is 2.12. The minimum atomic E-state index is -0.246. The number of para-hydroxylation sites is 1. The molecule has 1 N–H and O–H groups in total. The smallest absolute Gasteiger partial charge is 0.245 e. The standard InChI is InChI=1S/C20H23N5O4/c26-19(21-11-15-5-3-9-28-15)13-24(12-16-6-4-10-29-16)20(27)14-25-18-8-2-1-7-17(18)22-23-25/h1-2,4,6-8,10,15H,3,5,9,11-14H2,(H,21,26)/t15-/m1/s1. The zero-order valence-electron chi connectivity index (χ0n) is 16.0. The number of nitrogens with one attached hydrogen (secondary N) is 1. The molecule has 1 atom stereocenters. The van der Waals surface area contributed by atoms with Crippen LogP contribution >= 0.6 is 0 Å². The Morgan fingerprint density at radius 3 is 2.93 bits per heavy atom. The lowest BCUT2D eigenvalue weighted by Crippen LogP contribution is -2.43. The van der Waals surface area contributed by atoms with Crippen molar-refractivity contribution in [3.63, 3.8) is 0 Å². The maximum atomic E-state index is 13.0. The van der Waals surface area contributed by atoms with E-state index >= 15 is 0 Å². The van der Waals surface area contributed by atoms with Crippen LogP contribution in [0.25, 0.3) is 11.0 Å². The summed E-state index contributed by atoms with van der Waals surface area (Å²) in [7, 11) is 0. The maximum Gasteiger partial charge on any atom is 0.245 e. The van der Waals surface area contributed by atoms with Crippen LogP contribution in [0.15, 0.2) is 47.1 Å². The minimum absolute atomic E-state index is 0.0137. The number of benzene rings is 1. The number of amides is 2. The average Bonchev–Trinajstić information content (AvgIpc) is 3.49. The average molecular weight is 397 g/mol. The van der Waals surface area contributed by atoms with Gasteiger partial charge in [0.05, 0.1) is 24.4 Å². The fourth-order valence-corrected chi connectivity index (χ4v) is 3.35. The maximum absolute atomic E-state index is 13.0. The van der Waals surface area contributed by atoms with Gasteiger partial charge in [-0.1, -0.05) is 17.3 Å². The Morgan fingerprint density at radius 2 is 2.14 bits per heavy atom. The second kappa shape index (κ2) is 8.87. The van der Waals surface area contributed by atoms with Crippen molar-refractivity contribution in [3.8, 4) is 0 Å². The van der Waals surface area contributed by atoms with E-state index in [9.17, 15) is 9.59 Å². The fraction of sp³-hybridized carbons (Fsp3) is 0.400. The molecule has 152 valence electrons. The molecule has 9 nitrogen and oxygen atoms in total. The molecule has 1 saturated heterocycles. The number of aromatic nitrogens is 3. The van der Waals surface area contributed by atoms with Crippen LogP contribution in [0.4, 0.5) is 0 Å². The topological polar surface area (TPSA) is 102 Å². The second-order valence-corrected chi connectivity index (χ2v) is 7.00. The molecule has 0 spiro atoms. The minimum Gasteiger partial charge on any atom is -0.467 e. The summed E-state index contributed by atoms with van der Waals surface area (Å²) in [6.45, 7) is 1.30. The van der Waals surface area contributed by atoms with Gasteiger partial charge in [0.1, 0.15) is 24.4 Å². The summed E-state index contributed by atoms with van der Waals surface area (Å²) in [4.78, 5) is 26.9. The number of carbonyl (C=O) groups is 2. The van der Waals surface area contributed by atoms with Gasteiger partial charge in [-0.15, -0.1) is 5.10 Å². The number of hydrogen-bond donors (Lipinski definition) is 1. The number of furan rings is 1. The van der Waals surface area contributed by atoms with Crippen molar-refractivity contribution in [2.45, 2.75) is 32.0 Å². The summed E-state index contributed by atoms with van der Waals surface area (Å²) < 4.78 is 12.4. The van der Waals surface area contributed by atoms with Crippen LogP contribution in [-0.2, 0) is 27.4 Å². The molecule has 2 amide bonds. The third-order valence-corrected chi connectivity index (χ3v) is 4.87. The number of nitrogens with zero attached hydrogens (tertiary/aromatic N) is 4. The first-order valence-corrected chi connectivity index (χ1v) is 9.66. The van der Waals surface area contributed by atoms with Gasteiger partial charge in [0.25, 0.3) is 0 Å². The molecule has 3 aromatic rings. The Morgan fingerprint density at radius 1 is 1.24 bits per heavy atom. The van der Waals surface area contributed by atoms with Gasteiger partial charge in [0, 0.05) is 13.2 Å². The highest BCUT2D eigenvalue weighted by Gasteiger charge is 2.22. The quantitative estimate of drug-likeness (QED) is 0.616. The lowest BCUT2D eigenvalue weighted by atomic mass is 10.2. The predicted octanol–water partition coefficient (Wildman–Crippen LogP) is 1.35. The zero-order chi connectivity index (χ0) is 20.1. The number of carbonyl (C=O) groups excluding carboxylic acids is 2. The lowest BCUT2D eigenvalue weighted by molar-refractivity contribution is -0.137. The molecule has 1 fully saturated rings. The van der Waals surface area contributed by atoms with E-state index in [0.717, 1.165) is 25.0 Å². The molecule has 29 heavy (non-hydrogen) atoms. The number of ether oxygens (including phenoxy) is 1. The van der Waals surface area contributed by atoms with E-state index in [1.807, 2.05) is 24.3 Å². The van der Waals surface area contributed by atoms with Gasteiger partial charge in [-0.3, -0.25) is 9.59 Å². The lowest BCUT2D eigenvalue weighted by Gasteiger charge is -2.22. The second-order valence-electron chi connectivity index (χ2n) is 7.00. The Balaban J connectivity index is 1.42. The molecule has 1 aromatic carbocycles. The van der Waals surface area contributed by atoms with Crippen LogP contribution in [-0.4, -0.2) is 57.5 Å². The van der Waals surface area contributed by atoms with Crippen LogP contribution in [0.2, 0.25) is 0 Å². The molecule has 0 aliphatic carbocycles. The highest BCUT2D eigenvalue weighted by molar-refractivity contribution is 5.85. The van der Waals surface area contributed by atoms with Crippen molar-refractivity contribution in [2.75, 3.05) is 19.7 Å². The van der Waals surface area contributed by atoms with Crippen molar-refractivity contribution in [2.24, 2.45) is 0 Å². The van der Waals surface area contributed by atoms with Crippen LogP contribution in [0.1, 0.15) is 18.6 Å². The number of fused-ring (bicyclic) bond motifs is 1. The van der Waals surface area contributed by atoms with Gasteiger partial charge < -0.3 is 19.4 Å². The molecule has 3 heterocycles. The summed E-state index contributed by atoms with van der Waals surface area (Å²) in [6, 6.07) is 10.9. The highest BCUT2D eigenvalue weighted by atomic mass is 16.5. The summed E-state index contributed by atoms with van der Waals surface area (Å²) in [6.07, 6.45) is 3.54. The van der Waals surface area contributed by atoms with E-state index in [1.54, 1.807) is 18.4 Å². The Labute approximate surface area is 167 Å². The van der Waals surface area contributed by atoms with Gasteiger partial charge in [-0.25, -0.2) is 4.68 Å². The van der Waals surface area contributed by atoms with Crippen LogP contribution < -0.4 is 5.32 Å². The van der Waals surface area contributed by atoms with Gasteiger partial charge in [-0.05, 0) is 37.1 Å². The number of hydrogen-bond acceptors (Lipinski definition) is 6. The van der Waals surface area contributed by atoms with Crippen molar-refractivity contribution in [1.29, 1.82) is 0 Å². The third-order valence-electron chi connectivity index (χ3n) is 4.87. The Hall–Kier alpha value is -3.20. The van der Waals surface area contributed by atoms with E-state index in [0.29, 0.717) is 17.8 Å². The zero-order valence-corrected chi connectivity index (χ0v) is 16.0. The first-order valence-electron chi connectivity index (χ1n) is 9.66. The van der Waals surface area contributed by atoms with E-state index in [-0.39, 0.29) is 37.6 Å². The molecule has 1 aliphatic rings. The van der Waals surface area contributed by atoms with Crippen LogP contribution in [0.3, 0.4) is 0 Å². The molecule has 0 bridgehead atoms. The molecular formula is C20H23N5O4. The van der Waals surface area contributed by atoms with Crippen molar-refractivity contribution < 1.29 is 18.7 Å². The molecule has 1 aliphatic heterocycles. The van der Waals surface area contributed by atoms with Crippen LogP contribution in [0, 0.1) is 0 Å². The molecule has 4 rings (SSSR count). The summed E-state index contributed by atoms with van der Waals surface area (Å²) in [5, 5.41) is 11.0. The Kier molecular flexibility index (Phi) is 5.85. The molecule has 0 unspecified atom stereocenters. The first-order chi connectivity index (χ1) is 14.2. The summed E-state index contributed by atoms with van der Waals surface area (Å²) in [5.41, 5.74) is 1.48. The predicted molar refractivity (Wildman–Crippen MR) is 104 cm³/mol. The van der Waals surface area contributed by atoms with Gasteiger partial charge in [0.2, 0.25) is 11.8 Å². The summed E-state index contributed by atoms with van der Waals surface area (Å²) in [5.74, 6) is 0.127. The third kappa shape index (κ3) is 4.80. The van der Waals surface area contributed by atoms with Crippen LogP contribution in [0.5, 0.6) is 0 Å². The van der Waals surface area contributed by atoms with Gasteiger partial charge in [-0.2, -0.15) is 0 Å². The van der Waals surface area contributed by atoms with E-state index < -0.39 is 0 Å². The van der Waals surface area contributed by atoms with Crippen molar-refractivity contribution in [3.05, 3.63) is 48.4 Å².